The molecule has 0 saturated heterocycles. The number of pyridine rings is 1. The third-order valence-corrected chi connectivity index (χ3v) is 4.50. The lowest BCUT2D eigenvalue weighted by molar-refractivity contribution is 1.35. The number of allylic oxidation sites excluding steroid dienone is 3. The molecule has 1 aliphatic carbocycles. The Morgan fingerprint density at radius 1 is 0.826 bits per heavy atom. The highest BCUT2D eigenvalue weighted by Gasteiger charge is 2.13. The summed E-state index contributed by atoms with van der Waals surface area (Å²) < 4.78 is 0. The van der Waals surface area contributed by atoms with Crippen molar-refractivity contribution in [2.45, 2.75) is 0 Å². The maximum atomic E-state index is 4.30. The van der Waals surface area contributed by atoms with Gasteiger partial charge in [0.1, 0.15) is 0 Å². The molecule has 1 aliphatic heterocycles. The van der Waals surface area contributed by atoms with E-state index in [0.717, 1.165) is 11.4 Å². The van der Waals surface area contributed by atoms with E-state index in [4.69, 9.17) is 0 Å². The van der Waals surface area contributed by atoms with Gasteiger partial charge in [-0.15, -0.1) is 0 Å². The van der Waals surface area contributed by atoms with Crippen LogP contribution >= 0.6 is 0 Å². The van der Waals surface area contributed by atoms with Crippen LogP contribution < -0.4 is 15.8 Å². The summed E-state index contributed by atoms with van der Waals surface area (Å²) in [6, 6.07) is 10.7. The van der Waals surface area contributed by atoms with E-state index < -0.39 is 0 Å². The summed E-state index contributed by atoms with van der Waals surface area (Å²) in [6.45, 7) is 0. The number of benzene rings is 2. The number of nitrogens with one attached hydrogen (secondary N) is 1. The van der Waals surface area contributed by atoms with Crippen molar-refractivity contribution in [2.75, 3.05) is 5.32 Å². The van der Waals surface area contributed by atoms with E-state index in [2.05, 4.69) is 77.1 Å². The second kappa shape index (κ2) is 4.68. The van der Waals surface area contributed by atoms with Crippen LogP contribution in [0.25, 0.3) is 29.0 Å². The van der Waals surface area contributed by atoms with Crippen molar-refractivity contribution in [1.82, 2.24) is 4.98 Å². The highest BCUT2D eigenvalue weighted by molar-refractivity contribution is 5.98. The predicted octanol–water partition coefficient (Wildman–Crippen LogP) is 3.48. The molecule has 2 heterocycles. The maximum absolute atomic E-state index is 4.30. The monoisotopic (exact) mass is 294 g/mol. The van der Waals surface area contributed by atoms with Crippen molar-refractivity contribution in [3.8, 4) is 0 Å². The molecule has 0 unspecified atom stereocenters. The number of nitrogens with zero attached hydrogens (tertiary/aromatic N) is 1. The van der Waals surface area contributed by atoms with Crippen LogP contribution in [0.4, 0.5) is 11.4 Å². The van der Waals surface area contributed by atoms with Gasteiger partial charge < -0.3 is 5.32 Å². The second-order valence-electron chi connectivity index (χ2n) is 5.83. The molecular weight excluding hydrogens is 280 g/mol. The van der Waals surface area contributed by atoms with E-state index in [0.29, 0.717) is 0 Å². The van der Waals surface area contributed by atoms with Gasteiger partial charge in [0, 0.05) is 39.9 Å². The normalized spacial score (nSPS) is 13.9. The first-order valence-electron chi connectivity index (χ1n) is 7.74. The third-order valence-electron chi connectivity index (χ3n) is 4.50. The van der Waals surface area contributed by atoms with Gasteiger partial charge >= 0.3 is 0 Å². The summed E-state index contributed by atoms with van der Waals surface area (Å²) in [5, 5.41) is 8.47. The number of hydrogen-bond acceptors (Lipinski definition) is 2. The van der Waals surface area contributed by atoms with Gasteiger partial charge in [0.25, 0.3) is 0 Å². The van der Waals surface area contributed by atoms with Crippen LogP contribution in [-0.4, -0.2) is 4.98 Å². The predicted molar refractivity (Wildman–Crippen MR) is 96.9 cm³/mol. The summed E-state index contributed by atoms with van der Waals surface area (Å²) in [7, 11) is 0. The topological polar surface area (TPSA) is 24.9 Å². The minimum Gasteiger partial charge on any atom is -0.355 e. The van der Waals surface area contributed by atoms with Gasteiger partial charge in [0.2, 0.25) is 0 Å². The highest BCUT2D eigenvalue weighted by atomic mass is 14.9. The number of anilines is 2. The van der Waals surface area contributed by atoms with Gasteiger partial charge in [-0.1, -0.05) is 42.5 Å². The Labute approximate surface area is 133 Å². The second-order valence-corrected chi connectivity index (χ2v) is 5.83. The van der Waals surface area contributed by atoms with Gasteiger partial charge in [0.05, 0.1) is 0 Å². The SMILES string of the molecule is C1=CC=c2c(ccc3c2=Cc2c(ccc4ccncc24)N3)C=C1. The standard InChI is InChI=1S/C21H14N2/c1-2-4-14-6-8-20-17(16(14)5-3-1)12-18-19-13-22-11-10-15(19)7-9-21(18)23-20/h1-13,23H. The molecule has 108 valence electrons. The van der Waals surface area contributed by atoms with Crippen LogP contribution in [0, 0.1) is 0 Å². The molecule has 0 fully saturated rings. The lowest BCUT2D eigenvalue weighted by Crippen LogP contribution is -2.31. The molecule has 2 nitrogen and oxygen atoms in total. The van der Waals surface area contributed by atoms with Crippen molar-refractivity contribution in [3.63, 3.8) is 0 Å². The van der Waals surface area contributed by atoms with Crippen LogP contribution in [0.15, 0.2) is 61.0 Å². The molecule has 3 aromatic rings. The number of aromatic nitrogens is 1. The fourth-order valence-electron chi connectivity index (χ4n) is 3.36. The van der Waals surface area contributed by atoms with Crippen LogP contribution in [0.2, 0.25) is 0 Å². The summed E-state index contributed by atoms with van der Waals surface area (Å²) in [5.41, 5.74) is 4.74. The number of rotatable bonds is 0. The van der Waals surface area contributed by atoms with Gasteiger partial charge in [-0.05, 0) is 40.4 Å². The maximum Gasteiger partial charge on any atom is 0.0465 e. The van der Waals surface area contributed by atoms with Crippen molar-refractivity contribution < 1.29 is 0 Å². The lowest BCUT2D eigenvalue weighted by atomic mass is 9.97. The average molecular weight is 294 g/mol. The minimum absolute atomic E-state index is 1.14. The lowest BCUT2D eigenvalue weighted by Gasteiger charge is -2.18. The first kappa shape index (κ1) is 12.4. The van der Waals surface area contributed by atoms with E-state index in [-0.39, 0.29) is 0 Å². The molecule has 0 saturated carbocycles. The van der Waals surface area contributed by atoms with Crippen LogP contribution in [0.5, 0.6) is 0 Å². The molecule has 2 aromatic carbocycles. The molecule has 0 spiro atoms. The van der Waals surface area contributed by atoms with Crippen molar-refractivity contribution >= 4 is 40.4 Å². The summed E-state index contributed by atoms with van der Waals surface area (Å²) in [4.78, 5) is 4.30. The molecule has 5 rings (SSSR count). The first-order chi connectivity index (χ1) is 11.4. The average Bonchev–Trinajstić information content (AvgIpc) is 2.85. The van der Waals surface area contributed by atoms with Crippen molar-refractivity contribution in [2.24, 2.45) is 0 Å². The van der Waals surface area contributed by atoms with E-state index in [9.17, 15) is 0 Å². The van der Waals surface area contributed by atoms with Gasteiger partial charge in [0.15, 0.2) is 0 Å². The zero-order valence-corrected chi connectivity index (χ0v) is 12.5. The Balaban J connectivity index is 1.93. The van der Waals surface area contributed by atoms with Crippen molar-refractivity contribution in [3.05, 3.63) is 82.5 Å². The molecule has 23 heavy (non-hydrogen) atoms. The van der Waals surface area contributed by atoms with Gasteiger partial charge in [-0.2, -0.15) is 0 Å². The molecule has 0 bridgehead atoms. The number of fused-ring (bicyclic) bond motifs is 6. The molecule has 1 N–H and O–H groups in total. The smallest absolute Gasteiger partial charge is 0.0465 e. The summed E-state index contributed by atoms with van der Waals surface area (Å²) in [5.74, 6) is 0. The summed E-state index contributed by atoms with van der Waals surface area (Å²) in [6.07, 6.45) is 16.7. The van der Waals surface area contributed by atoms with E-state index in [1.54, 1.807) is 0 Å². The molecule has 0 amide bonds. The molecular formula is C21H14N2. The first-order valence-corrected chi connectivity index (χ1v) is 7.74. The quantitative estimate of drug-likeness (QED) is 0.537. The molecule has 0 radical (unpaired) electrons. The zero-order chi connectivity index (χ0) is 15.2. The van der Waals surface area contributed by atoms with E-state index >= 15 is 0 Å². The Morgan fingerprint density at radius 3 is 2.78 bits per heavy atom. The van der Waals surface area contributed by atoms with E-state index in [1.165, 1.54) is 32.3 Å². The fraction of sp³-hybridized carbons (Fsp3) is 0. The van der Waals surface area contributed by atoms with Crippen LogP contribution in [-0.2, 0) is 0 Å². The molecule has 2 aliphatic rings. The van der Waals surface area contributed by atoms with Crippen molar-refractivity contribution in [1.29, 1.82) is 0 Å². The Morgan fingerprint density at radius 2 is 1.78 bits per heavy atom. The number of hydrogen-bond donors (Lipinski definition) is 1. The zero-order valence-electron chi connectivity index (χ0n) is 12.5. The van der Waals surface area contributed by atoms with Crippen LogP contribution in [0.3, 0.4) is 0 Å². The van der Waals surface area contributed by atoms with Crippen LogP contribution in [0.1, 0.15) is 11.1 Å². The highest BCUT2D eigenvalue weighted by Crippen LogP contribution is 2.30. The fourth-order valence-corrected chi connectivity index (χ4v) is 3.36. The Hall–Kier alpha value is -3.13. The molecule has 0 atom stereocenters. The van der Waals surface area contributed by atoms with Gasteiger partial charge in [-0.25, -0.2) is 0 Å². The Kier molecular flexibility index (Phi) is 2.53. The minimum atomic E-state index is 1.14. The summed E-state index contributed by atoms with van der Waals surface area (Å²) >= 11 is 0. The Bertz CT molecular complexity index is 1130. The third kappa shape index (κ3) is 1.85. The molecule has 1 aromatic heterocycles. The molecule has 2 heteroatoms. The van der Waals surface area contributed by atoms with E-state index in [1.807, 2.05) is 12.4 Å². The van der Waals surface area contributed by atoms with Gasteiger partial charge in [-0.3, -0.25) is 4.98 Å². The largest absolute Gasteiger partial charge is 0.355 e.